The molecule has 0 saturated carbocycles. The maximum atomic E-state index is 12.0. The first-order valence-corrected chi connectivity index (χ1v) is 7.43. The maximum Gasteiger partial charge on any atom is 0.319 e. The molecule has 2 amide bonds. The Hall–Kier alpha value is -1.75. The van der Waals surface area contributed by atoms with Crippen molar-refractivity contribution in [2.45, 2.75) is 31.0 Å². The summed E-state index contributed by atoms with van der Waals surface area (Å²) in [5.74, 6) is 0.781. The van der Waals surface area contributed by atoms with Crippen LogP contribution in [0.5, 0.6) is 5.75 Å². The van der Waals surface area contributed by atoms with Gasteiger partial charge in [0.05, 0.1) is 6.10 Å². The van der Waals surface area contributed by atoms with Crippen LogP contribution in [0.3, 0.4) is 0 Å². The average molecular weight is 290 g/mol. The van der Waals surface area contributed by atoms with E-state index in [1.54, 1.807) is 19.0 Å². The van der Waals surface area contributed by atoms with Gasteiger partial charge in [0.25, 0.3) is 0 Å². The van der Waals surface area contributed by atoms with Crippen molar-refractivity contribution >= 4 is 6.03 Å². The number of aliphatic hydroxyl groups is 1. The Morgan fingerprint density at radius 3 is 2.67 bits per heavy atom. The van der Waals surface area contributed by atoms with E-state index in [-0.39, 0.29) is 11.6 Å². The number of nitrogens with zero attached hydrogens (tertiary/aromatic N) is 2. The van der Waals surface area contributed by atoms with Crippen LogP contribution in [0, 0.1) is 0 Å². The Labute approximate surface area is 125 Å². The lowest BCUT2D eigenvalue weighted by Gasteiger charge is -2.46. The minimum absolute atomic E-state index is 0.0432. The molecule has 2 aliphatic rings. The predicted octanol–water partition coefficient (Wildman–Crippen LogP) is 2.02. The van der Waals surface area contributed by atoms with Crippen LogP contribution in [0.15, 0.2) is 24.3 Å². The van der Waals surface area contributed by atoms with E-state index < -0.39 is 6.10 Å². The third kappa shape index (κ3) is 2.58. The molecule has 1 aromatic carbocycles. The van der Waals surface area contributed by atoms with Crippen LogP contribution in [-0.2, 0) is 0 Å². The number of piperidine rings is 1. The first kappa shape index (κ1) is 14.2. The van der Waals surface area contributed by atoms with E-state index in [2.05, 4.69) is 0 Å². The Morgan fingerprint density at radius 2 is 2.00 bits per heavy atom. The number of fused-ring (bicyclic) bond motifs is 1. The molecule has 5 heteroatoms. The molecule has 2 aliphatic heterocycles. The molecule has 21 heavy (non-hydrogen) atoms. The molecule has 0 bridgehead atoms. The summed E-state index contributed by atoms with van der Waals surface area (Å²) in [5.41, 5.74) is 0.534. The number of hydrogen-bond acceptors (Lipinski definition) is 3. The van der Waals surface area contributed by atoms with E-state index in [0.717, 1.165) is 24.2 Å². The smallest absolute Gasteiger partial charge is 0.319 e. The molecule has 5 nitrogen and oxygen atoms in total. The first-order chi connectivity index (χ1) is 10.0. The monoisotopic (exact) mass is 290 g/mol. The van der Waals surface area contributed by atoms with Gasteiger partial charge in [-0.15, -0.1) is 0 Å². The minimum Gasteiger partial charge on any atom is -0.487 e. The summed E-state index contributed by atoms with van der Waals surface area (Å²) in [4.78, 5) is 15.4. The summed E-state index contributed by atoms with van der Waals surface area (Å²) in [6.45, 7) is 1.35. The molecule has 1 saturated heterocycles. The molecular weight excluding hydrogens is 268 g/mol. The Bertz CT molecular complexity index is 536. The van der Waals surface area contributed by atoms with Gasteiger partial charge in [0, 0.05) is 52.0 Å². The lowest BCUT2D eigenvalue weighted by Crippen LogP contribution is -2.53. The number of likely N-dealkylation sites (tertiary alicyclic amines) is 1. The Balaban J connectivity index is 1.73. The molecule has 1 aromatic rings. The fourth-order valence-corrected chi connectivity index (χ4v) is 3.28. The third-order valence-electron chi connectivity index (χ3n) is 4.50. The van der Waals surface area contributed by atoms with Crippen molar-refractivity contribution in [2.24, 2.45) is 0 Å². The highest BCUT2D eigenvalue weighted by Crippen LogP contribution is 2.44. The van der Waals surface area contributed by atoms with Crippen LogP contribution >= 0.6 is 0 Å². The number of carbonyl (C=O) groups excluding carboxylic acids is 1. The highest BCUT2D eigenvalue weighted by Gasteiger charge is 2.43. The number of hydrogen-bond donors (Lipinski definition) is 1. The fourth-order valence-electron chi connectivity index (χ4n) is 3.28. The van der Waals surface area contributed by atoms with Crippen molar-refractivity contribution in [3.8, 4) is 5.75 Å². The molecule has 1 spiro atoms. The number of aliphatic hydroxyl groups excluding tert-OH is 1. The summed E-state index contributed by atoms with van der Waals surface area (Å²) in [6.07, 6.45) is 1.65. The SMILES string of the molecule is CN(C)C(=O)N1CCC2(CC1)C[C@H](O)c1ccccc1O2. The largest absolute Gasteiger partial charge is 0.487 e. The number of benzene rings is 1. The zero-order valence-electron chi connectivity index (χ0n) is 12.6. The van der Waals surface area contributed by atoms with E-state index in [9.17, 15) is 9.90 Å². The number of ether oxygens (including phenoxy) is 1. The second-order valence-electron chi connectivity index (χ2n) is 6.21. The number of rotatable bonds is 0. The lowest BCUT2D eigenvalue weighted by atomic mass is 9.82. The van der Waals surface area contributed by atoms with Gasteiger partial charge in [0.1, 0.15) is 11.4 Å². The lowest BCUT2D eigenvalue weighted by molar-refractivity contribution is -0.0488. The van der Waals surface area contributed by atoms with E-state index in [0.29, 0.717) is 19.5 Å². The van der Waals surface area contributed by atoms with E-state index in [1.165, 1.54) is 0 Å². The molecule has 0 aromatic heterocycles. The van der Waals surface area contributed by atoms with Crippen molar-refractivity contribution in [1.29, 1.82) is 0 Å². The highest BCUT2D eigenvalue weighted by atomic mass is 16.5. The molecule has 1 N–H and O–H groups in total. The average Bonchev–Trinajstić information content (AvgIpc) is 2.47. The van der Waals surface area contributed by atoms with Gasteiger partial charge in [0.2, 0.25) is 0 Å². The van der Waals surface area contributed by atoms with Gasteiger partial charge in [-0.2, -0.15) is 0 Å². The second-order valence-corrected chi connectivity index (χ2v) is 6.21. The minimum atomic E-state index is -0.481. The fraction of sp³-hybridized carbons (Fsp3) is 0.562. The number of amides is 2. The van der Waals surface area contributed by atoms with Gasteiger partial charge < -0.3 is 19.6 Å². The molecule has 2 heterocycles. The molecule has 0 radical (unpaired) electrons. The molecular formula is C16H22N2O3. The molecule has 3 rings (SSSR count). The number of para-hydroxylation sites is 1. The molecule has 0 aliphatic carbocycles. The van der Waals surface area contributed by atoms with E-state index >= 15 is 0 Å². The Morgan fingerprint density at radius 1 is 1.33 bits per heavy atom. The van der Waals surface area contributed by atoms with Gasteiger partial charge >= 0.3 is 6.03 Å². The number of carbonyl (C=O) groups is 1. The number of urea groups is 1. The second kappa shape index (κ2) is 5.22. The van der Waals surface area contributed by atoms with Gasteiger partial charge in [-0.05, 0) is 6.07 Å². The molecule has 0 unspecified atom stereocenters. The van der Waals surface area contributed by atoms with Gasteiger partial charge in [0.15, 0.2) is 0 Å². The van der Waals surface area contributed by atoms with Crippen LogP contribution in [-0.4, -0.2) is 53.7 Å². The first-order valence-electron chi connectivity index (χ1n) is 7.43. The summed E-state index contributed by atoms with van der Waals surface area (Å²) in [6, 6.07) is 7.72. The molecule has 1 fully saturated rings. The van der Waals surface area contributed by atoms with Crippen LogP contribution < -0.4 is 4.74 Å². The normalized spacial score (nSPS) is 23.4. The highest BCUT2D eigenvalue weighted by molar-refractivity contribution is 5.73. The summed E-state index contributed by atoms with van der Waals surface area (Å²) < 4.78 is 6.21. The molecule has 1 atom stereocenters. The van der Waals surface area contributed by atoms with Crippen molar-refractivity contribution < 1.29 is 14.6 Å². The van der Waals surface area contributed by atoms with E-state index in [1.807, 2.05) is 29.2 Å². The quantitative estimate of drug-likeness (QED) is 0.795. The third-order valence-corrected chi connectivity index (χ3v) is 4.50. The molecule has 114 valence electrons. The Kier molecular flexibility index (Phi) is 3.53. The van der Waals surface area contributed by atoms with Crippen molar-refractivity contribution in [1.82, 2.24) is 9.80 Å². The summed E-state index contributed by atoms with van der Waals surface area (Å²) in [5, 5.41) is 10.4. The van der Waals surface area contributed by atoms with Crippen molar-refractivity contribution in [3.63, 3.8) is 0 Å². The standard InChI is InChI=1S/C16H22N2O3/c1-17(2)15(20)18-9-7-16(8-10-18)11-13(19)12-5-3-4-6-14(12)21-16/h3-6,13,19H,7-11H2,1-2H3/t13-/m0/s1. The van der Waals surface area contributed by atoms with Crippen LogP contribution in [0.25, 0.3) is 0 Å². The van der Waals surface area contributed by atoms with Crippen LogP contribution in [0.1, 0.15) is 30.9 Å². The van der Waals surface area contributed by atoms with Crippen molar-refractivity contribution in [3.05, 3.63) is 29.8 Å². The van der Waals surface area contributed by atoms with Crippen molar-refractivity contribution in [2.75, 3.05) is 27.2 Å². The summed E-state index contributed by atoms with van der Waals surface area (Å²) >= 11 is 0. The zero-order valence-corrected chi connectivity index (χ0v) is 12.6. The summed E-state index contributed by atoms with van der Waals surface area (Å²) in [7, 11) is 3.54. The van der Waals surface area contributed by atoms with Gasteiger partial charge in [-0.1, -0.05) is 18.2 Å². The topological polar surface area (TPSA) is 53.0 Å². The van der Waals surface area contributed by atoms with E-state index in [4.69, 9.17) is 4.74 Å². The zero-order chi connectivity index (χ0) is 15.0. The van der Waals surface area contributed by atoms with Gasteiger partial charge in [-0.25, -0.2) is 4.79 Å². The maximum absolute atomic E-state index is 12.0. The van der Waals surface area contributed by atoms with Crippen LogP contribution in [0.2, 0.25) is 0 Å². The van der Waals surface area contributed by atoms with Crippen LogP contribution in [0.4, 0.5) is 4.79 Å². The van der Waals surface area contributed by atoms with Gasteiger partial charge in [-0.3, -0.25) is 0 Å². The predicted molar refractivity (Wildman–Crippen MR) is 79.3 cm³/mol.